The van der Waals surface area contributed by atoms with Crippen LogP contribution in [-0.4, -0.2) is 113 Å². The summed E-state index contributed by atoms with van der Waals surface area (Å²) in [6, 6.07) is 0. The van der Waals surface area contributed by atoms with Crippen molar-refractivity contribution in [2.24, 2.45) is 61.1 Å². The summed E-state index contributed by atoms with van der Waals surface area (Å²) >= 11 is 0. The van der Waals surface area contributed by atoms with Gasteiger partial charge in [0.1, 0.15) is 5.60 Å². The average molecular weight is 1490 g/mol. The van der Waals surface area contributed by atoms with Gasteiger partial charge in [-0.05, 0) is 234 Å². The molecular weight excluding hydrogens is 1320 g/mol. The molecule has 0 spiro atoms. The van der Waals surface area contributed by atoms with Crippen LogP contribution in [0.5, 0.6) is 0 Å². The first-order valence-corrected chi connectivity index (χ1v) is 39.9. The smallest absolute Gasteiger partial charge is 0.312 e. The highest BCUT2D eigenvalue weighted by Crippen LogP contribution is 2.28. The molecule has 18 heteroatoms. The summed E-state index contributed by atoms with van der Waals surface area (Å²) in [5, 5.41) is 0. The van der Waals surface area contributed by atoms with Crippen LogP contribution in [0.15, 0.2) is 0 Å². The number of carbonyl (C=O) groups is 9. The van der Waals surface area contributed by atoms with E-state index >= 15 is 0 Å². The number of methoxy groups -OCH3 is 2. The predicted octanol–water partition coefficient (Wildman–Crippen LogP) is 23.0. The minimum atomic E-state index is -0.372. The second-order valence-electron chi connectivity index (χ2n) is 33.3. The fraction of sp³-hybridized carbons (Fsp3) is 0.895. The molecule has 0 bridgehead atoms. The number of hydrogen-bond acceptors (Lipinski definition) is 18. The zero-order chi connectivity index (χ0) is 84.2. The maximum absolute atomic E-state index is 11.8. The van der Waals surface area contributed by atoms with Gasteiger partial charge >= 0.3 is 53.7 Å². The molecule has 0 rings (SSSR count). The van der Waals surface area contributed by atoms with Gasteiger partial charge in [-0.15, -0.1) is 0 Å². The molecule has 0 aliphatic rings. The van der Waals surface area contributed by atoms with Crippen LogP contribution < -0.4 is 0 Å². The van der Waals surface area contributed by atoms with E-state index in [1.54, 1.807) is 0 Å². The van der Waals surface area contributed by atoms with E-state index in [0.29, 0.717) is 51.5 Å². The van der Waals surface area contributed by atoms with Crippen LogP contribution in [-0.2, 0) is 85.8 Å². The molecule has 0 aliphatic carbocycles. The Morgan fingerprint density at radius 2 is 0.587 bits per heavy atom. The van der Waals surface area contributed by atoms with Gasteiger partial charge in [-0.3, -0.25) is 43.2 Å². The standard InChI is InChI=1S/C14H28O2.C12H24O2.3C10H20O2.C9H18O2.C8H16O2.C7H14O2.C6H12O2/c1-6-9-10-12(7-2)11-16-13(15)14(4,5)8-3;1-5-7-8-9-10-14-11(13)12(3,4)6-2;1-7-10(5,6)8(11)12-9(2,3)4;1-6-10(4,5)9(11)12-7-8(2)3;1-5-7-8-12-9(11)10(3,4)6-2;1-5-7-11-8(10)9(3,4)6-2;1-5-8(3,4)7(9)10-6-2;1-5-7(2,3)6(8)9-4;1-4-5(2)6(7)8-3/h12H,6-11H2,1-5H3;5-10H2,1-4H3;7H2,1-6H3;8H,6-7H2,1-5H3;5-8H2,1-4H3;5-7H2,1-4H3;5-6H2,1-4H3;5H2,1-4H3;5H,4H2,1-3H3. The minimum Gasteiger partial charge on any atom is -0.469 e. The Labute approximate surface area is 641 Å². The van der Waals surface area contributed by atoms with E-state index < -0.39 is 0 Å². The van der Waals surface area contributed by atoms with Gasteiger partial charge in [-0.25, -0.2) is 0 Å². The molecule has 104 heavy (non-hydrogen) atoms. The lowest BCUT2D eigenvalue weighted by Crippen LogP contribution is -2.33. The first-order valence-electron chi connectivity index (χ1n) is 39.9. The van der Waals surface area contributed by atoms with Gasteiger partial charge in [-0.2, -0.15) is 0 Å². The molecule has 0 saturated heterocycles. The molecule has 0 aromatic heterocycles. The topological polar surface area (TPSA) is 237 Å². The van der Waals surface area contributed by atoms with Crippen LogP contribution in [0, 0.1) is 61.1 Å². The first-order chi connectivity index (χ1) is 47.5. The third-order valence-electron chi connectivity index (χ3n) is 18.5. The zero-order valence-electron chi connectivity index (χ0n) is 75.5. The molecule has 0 fully saturated rings. The van der Waals surface area contributed by atoms with Crippen LogP contribution in [0.1, 0.15) is 385 Å². The van der Waals surface area contributed by atoms with Crippen LogP contribution >= 0.6 is 0 Å². The maximum Gasteiger partial charge on any atom is 0.312 e. The van der Waals surface area contributed by atoms with Gasteiger partial charge in [0.25, 0.3) is 0 Å². The largest absolute Gasteiger partial charge is 0.469 e. The van der Waals surface area contributed by atoms with Crippen molar-refractivity contribution >= 4 is 53.7 Å². The summed E-state index contributed by atoms with van der Waals surface area (Å²) in [7, 11) is 2.83. The Morgan fingerprint density at radius 3 is 0.837 bits per heavy atom. The lowest BCUT2D eigenvalue weighted by atomic mass is 9.90. The molecule has 2 unspecified atom stereocenters. The average Bonchev–Trinajstić information content (AvgIpc) is 0.851. The van der Waals surface area contributed by atoms with E-state index in [4.69, 9.17) is 33.2 Å². The van der Waals surface area contributed by atoms with E-state index in [-0.39, 0.29) is 109 Å². The number of unbranched alkanes of at least 4 members (excludes halogenated alkanes) is 5. The van der Waals surface area contributed by atoms with Gasteiger partial charge < -0.3 is 42.6 Å². The van der Waals surface area contributed by atoms with E-state index in [2.05, 4.69) is 37.2 Å². The molecule has 0 aromatic carbocycles. The summed E-state index contributed by atoms with van der Waals surface area (Å²) in [6.45, 7) is 75.8. The molecule has 2 atom stereocenters. The van der Waals surface area contributed by atoms with Gasteiger partial charge in [0.05, 0.1) is 103 Å². The molecule has 0 heterocycles. The molecule has 18 nitrogen and oxygen atoms in total. The van der Waals surface area contributed by atoms with Crippen molar-refractivity contribution in [1.82, 2.24) is 0 Å². The summed E-state index contributed by atoms with van der Waals surface area (Å²) in [4.78, 5) is 101. The van der Waals surface area contributed by atoms with Crippen molar-refractivity contribution < 1.29 is 85.8 Å². The molecular formula is C86H172O18. The molecule has 0 radical (unpaired) electrons. The van der Waals surface area contributed by atoms with E-state index in [1.165, 1.54) is 46.3 Å². The highest BCUT2D eigenvalue weighted by molar-refractivity contribution is 5.79. The third-order valence-corrected chi connectivity index (χ3v) is 18.5. The van der Waals surface area contributed by atoms with Gasteiger partial charge in [-0.1, -0.05) is 163 Å². The van der Waals surface area contributed by atoms with Crippen molar-refractivity contribution in [1.29, 1.82) is 0 Å². The first kappa shape index (κ1) is 118. The van der Waals surface area contributed by atoms with E-state index in [0.717, 1.165) is 96.3 Å². The van der Waals surface area contributed by atoms with Crippen molar-refractivity contribution in [3.05, 3.63) is 0 Å². The second kappa shape index (κ2) is 64.2. The number of rotatable bonds is 37. The Morgan fingerprint density at radius 1 is 0.288 bits per heavy atom. The third kappa shape index (κ3) is 65.5. The predicted molar refractivity (Wildman–Crippen MR) is 431 cm³/mol. The normalized spacial score (nSPS) is 12.0. The lowest BCUT2D eigenvalue weighted by molar-refractivity contribution is -0.166. The molecule has 0 N–H and O–H groups in total. The highest BCUT2D eigenvalue weighted by atomic mass is 16.6. The fourth-order valence-electron chi connectivity index (χ4n) is 6.05. The van der Waals surface area contributed by atoms with Gasteiger partial charge in [0.15, 0.2) is 0 Å². The van der Waals surface area contributed by atoms with Crippen molar-refractivity contribution in [3.8, 4) is 0 Å². The molecule has 0 amide bonds. The monoisotopic (exact) mass is 1490 g/mol. The molecule has 0 saturated carbocycles. The Kier molecular flexibility index (Phi) is 72.6. The van der Waals surface area contributed by atoms with Crippen LogP contribution in [0.2, 0.25) is 0 Å². The molecule has 0 aromatic rings. The van der Waals surface area contributed by atoms with Gasteiger partial charge in [0.2, 0.25) is 0 Å². The summed E-state index contributed by atoms with van der Waals surface area (Å²) < 4.78 is 45.0. The Bertz CT molecular complexity index is 2190. The van der Waals surface area contributed by atoms with Crippen LogP contribution in [0.3, 0.4) is 0 Å². The quantitative estimate of drug-likeness (QED) is 0.0319. The summed E-state index contributed by atoms with van der Waals surface area (Å²) in [5.74, 6) is 0.200. The van der Waals surface area contributed by atoms with Crippen molar-refractivity contribution in [2.75, 3.05) is 53.9 Å². The van der Waals surface area contributed by atoms with Crippen LogP contribution in [0.4, 0.5) is 0 Å². The second-order valence-corrected chi connectivity index (χ2v) is 33.3. The minimum absolute atomic E-state index is 0.0510. The van der Waals surface area contributed by atoms with Crippen LogP contribution in [0.25, 0.3) is 0 Å². The Balaban J connectivity index is -0.000000140. The van der Waals surface area contributed by atoms with Crippen molar-refractivity contribution in [3.63, 3.8) is 0 Å². The number of ether oxygens (including phenoxy) is 9. The van der Waals surface area contributed by atoms with E-state index in [9.17, 15) is 43.2 Å². The van der Waals surface area contributed by atoms with E-state index in [1.807, 2.05) is 228 Å². The maximum atomic E-state index is 11.8. The molecule has 624 valence electrons. The zero-order valence-corrected chi connectivity index (χ0v) is 75.5. The molecule has 0 aliphatic heterocycles. The number of hydrogen-bond donors (Lipinski definition) is 0. The SMILES string of the molecule is CCC(C)(C)C(=O)OC.CCC(C)(C)C(=O)OC(C)(C)C.CCC(C)(C)C(=O)OCC(C)C.CCC(C)C(=O)OC.CCCCC(CC)COC(=O)C(C)(C)CC.CCCCCCOC(=O)C(C)(C)CC.CCCCOC(=O)C(C)(C)CC.CCCOC(=O)C(C)(C)CC.CCOC(=O)C(C)(C)CC. The summed E-state index contributed by atoms with van der Waals surface area (Å²) in [6.07, 6.45) is 19.7. The lowest BCUT2D eigenvalue weighted by Gasteiger charge is -2.27. The number of esters is 9. The highest BCUT2D eigenvalue weighted by Gasteiger charge is 2.33. The summed E-state index contributed by atoms with van der Waals surface area (Å²) in [5.41, 5.74) is -2.94. The van der Waals surface area contributed by atoms with Crippen molar-refractivity contribution in [2.45, 2.75) is 390 Å². The Hall–Kier alpha value is -4.77. The number of carbonyl (C=O) groups excluding carboxylic acids is 9. The fourth-order valence-corrected chi connectivity index (χ4v) is 6.05. The van der Waals surface area contributed by atoms with Gasteiger partial charge in [0, 0.05) is 0 Å².